The Balaban J connectivity index is 1.59. The molecule has 0 unspecified atom stereocenters. The van der Waals surface area contributed by atoms with Crippen LogP contribution in [0.1, 0.15) is 5.56 Å². The first-order chi connectivity index (χ1) is 12.6. The van der Waals surface area contributed by atoms with E-state index in [0.29, 0.717) is 19.0 Å². The monoisotopic (exact) mass is 374 g/mol. The Morgan fingerprint density at radius 3 is 2.65 bits per heavy atom. The SMILES string of the molecule is COc1cccc(CN2CCN(c3ncccn3)[C@@H]3CS(=O)(=O)C[C@@H]32)c1. The van der Waals surface area contributed by atoms with Crippen LogP contribution in [-0.2, 0) is 16.4 Å². The number of hydrogen-bond donors (Lipinski definition) is 0. The molecule has 26 heavy (non-hydrogen) atoms. The number of anilines is 1. The second-order valence-electron chi connectivity index (χ2n) is 6.78. The maximum atomic E-state index is 12.4. The smallest absolute Gasteiger partial charge is 0.225 e. The lowest BCUT2D eigenvalue weighted by Gasteiger charge is -2.43. The molecule has 0 radical (unpaired) electrons. The molecule has 2 aromatic rings. The molecule has 2 saturated heterocycles. The van der Waals surface area contributed by atoms with Gasteiger partial charge in [0, 0.05) is 38.1 Å². The van der Waals surface area contributed by atoms with Crippen LogP contribution in [0.25, 0.3) is 0 Å². The largest absolute Gasteiger partial charge is 0.497 e. The van der Waals surface area contributed by atoms with Gasteiger partial charge in [0.15, 0.2) is 9.84 Å². The molecule has 3 heterocycles. The molecule has 0 aliphatic carbocycles. The zero-order valence-corrected chi connectivity index (χ0v) is 15.5. The van der Waals surface area contributed by atoms with E-state index in [1.54, 1.807) is 25.6 Å². The van der Waals surface area contributed by atoms with E-state index in [4.69, 9.17) is 4.74 Å². The number of nitrogens with zero attached hydrogens (tertiary/aromatic N) is 4. The predicted molar refractivity (Wildman–Crippen MR) is 99.0 cm³/mol. The number of rotatable bonds is 4. The van der Waals surface area contributed by atoms with Crippen molar-refractivity contribution in [1.29, 1.82) is 0 Å². The van der Waals surface area contributed by atoms with E-state index in [0.717, 1.165) is 17.9 Å². The molecule has 2 fully saturated rings. The molecule has 8 heteroatoms. The first-order valence-corrected chi connectivity index (χ1v) is 10.5. The van der Waals surface area contributed by atoms with Crippen LogP contribution in [0.15, 0.2) is 42.7 Å². The number of hydrogen-bond acceptors (Lipinski definition) is 7. The first-order valence-electron chi connectivity index (χ1n) is 8.67. The van der Waals surface area contributed by atoms with E-state index in [-0.39, 0.29) is 23.6 Å². The van der Waals surface area contributed by atoms with Gasteiger partial charge in [-0.15, -0.1) is 0 Å². The molecule has 0 bridgehead atoms. The highest BCUT2D eigenvalue weighted by atomic mass is 32.2. The molecule has 0 spiro atoms. The second-order valence-corrected chi connectivity index (χ2v) is 8.93. The van der Waals surface area contributed by atoms with Crippen molar-refractivity contribution in [2.45, 2.75) is 18.6 Å². The number of sulfone groups is 1. The van der Waals surface area contributed by atoms with Crippen molar-refractivity contribution in [2.75, 3.05) is 36.6 Å². The standard InChI is InChI=1S/C18H22N4O3S/c1-25-15-5-2-4-14(10-15)11-21-8-9-22(18-19-6-3-7-20-18)17-13-26(23,24)12-16(17)21/h2-7,10,16-17H,8-9,11-13H2,1H3/t16-,17+/m0/s1. The molecule has 0 amide bonds. The summed E-state index contributed by atoms with van der Waals surface area (Å²) in [7, 11) is -1.42. The number of ether oxygens (including phenoxy) is 1. The van der Waals surface area contributed by atoms with Crippen molar-refractivity contribution < 1.29 is 13.2 Å². The van der Waals surface area contributed by atoms with Gasteiger partial charge < -0.3 is 9.64 Å². The Labute approximate surface area is 153 Å². The number of methoxy groups -OCH3 is 1. The van der Waals surface area contributed by atoms with Crippen molar-refractivity contribution in [3.8, 4) is 5.75 Å². The maximum Gasteiger partial charge on any atom is 0.225 e. The minimum Gasteiger partial charge on any atom is -0.497 e. The van der Waals surface area contributed by atoms with Crippen molar-refractivity contribution in [3.63, 3.8) is 0 Å². The fourth-order valence-electron chi connectivity index (χ4n) is 3.91. The van der Waals surface area contributed by atoms with E-state index in [2.05, 4.69) is 19.8 Å². The average Bonchev–Trinajstić information content (AvgIpc) is 2.98. The van der Waals surface area contributed by atoms with Crippen LogP contribution >= 0.6 is 0 Å². The van der Waals surface area contributed by atoms with Crippen LogP contribution in [0.3, 0.4) is 0 Å². The number of aromatic nitrogens is 2. The summed E-state index contributed by atoms with van der Waals surface area (Å²) in [4.78, 5) is 13.0. The lowest BCUT2D eigenvalue weighted by Crippen LogP contribution is -2.59. The van der Waals surface area contributed by atoms with E-state index >= 15 is 0 Å². The van der Waals surface area contributed by atoms with E-state index < -0.39 is 9.84 Å². The molecule has 2 aliphatic rings. The quantitative estimate of drug-likeness (QED) is 0.789. The van der Waals surface area contributed by atoms with Gasteiger partial charge in [-0.3, -0.25) is 4.90 Å². The van der Waals surface area contributed by atoms with Gasteiger partial charge in [-0.1, -0.05) is 12.1 Å². The van der Waals surface area contributed by atoms with Gasteiger partial charge in [0.05, 0.1) is 24.7 Å². The molecule has 138 valence electrons. The average molecular weight is 374 g/mol. The van der Waals surface area contributed by atoms with Gasteiger partial charge in [0.25, 0.3) is 0 Å². The zero-order chi connectivity index (χ0) is 18.1. The van der Waals surface area contributed by atoms with Gasteiger partial charge in [-0.2, -0.15) is 0 Å². The summed E-state index contributed by atoms with van der Waals surface area (Å²) in [6.07, 6.45) is 3.40. The van der Waals surface area contributed by atoms with Crippen molar-refractivity contribution in [3.05, 3.63) is 48.3 Å². The van der Waals surface area contributed by atoms with Gasteiger partial charge in [-0.05, 0) is 23.8 Å². The van der Waals surface area contributed by atoms with Crippen molar-refractivity contribution in [1.82, 2.24) is 14.9 Å². The van der Waals surface area contributed by atoms with Gasteiger partial charge in [-0.25, -0.2) is 18.4 Å². The Bertz CT molecular complexity index is 875. The molecule has 1 aromatic heterocycles. The summed E-state index contributed by atoms with van der Waals surface area (Å²) in [6, 6.07) is 9.54. The number of piperazine rings is 1. The Kier molecular flexibility index (Phi) is 4.54. The van der Waals surface area contributed by atoms with Crippen LogP contribution < -0.4 is 9.64 Å². The highest BCUT2D eigenvalue weighted by Gasteiger charge is 2.47. The zero-order valence-electron chi connectivity index (χ0n) is 14.7. The topological polar surface area (TPSA) is 75.6 Å². The summed E-state index contributed by atoms with van der Waals surface area (Å²) in [6.45, 7) is 2.19. The summed E-state index contributed by atoms with van der Waals surface area (Å²) < 4.78 is 30.0. The number of benzene rings is 1. The first kappa shape index (κ1) is 17.2. The van der Waals surface area contributed by atoms with E-state index in [1.807, 2.05) is 24.3 Å². The molecular weight excluding hydrogens is 352 g/mol. The molecule has 1 aromatic carbocycles. The van der Waals surface area contributed by atoms with Gasteiger partial charge in [0.2, 0.25) is 5.95 Å². The highest BCUT2D eigenvalue weighted by Crippen LogP contribution is 2.30. The third-order valence-electron chi connectivity index (χ3n) is 5.12. The lowest BCUT2D eigenvalue weighted by atomic mass is 10.0. The Hall–Kier alpha value is -2.19. The van der Waals surface area contributed by atoms with E-state index in [1.165, 1.54) is 0 Å². The summed E-state index contributed by atoms with van der Waals surface area (Å²) in [5.41, 5.74) is 1.12. The van der Waals surface area contributed by atoms with Crippen LogP contribution in [0, 0.1) is 0 Å². The minimum atomic E-state index is -3.07. The van der Waals surface area contributed by atoms with Crippen LogP contribution in [0.4, 0.5) is 5.95 Å². The maximum absolute atomic E-state index is 12.4. The fraction of sp³-hybridized carbons (Fsp3) is 0.444. The predicted octanol–water partition coefficient (Wildman–Crippen LogP) is 0.973. The fourth-order valence-corrected chi connectivity index (χ4v) is 5.93. The van der Waals surface area contributed by atoms with Gasteiger partial charge in [0.1, 0.15) is 5.75 Å². The van der Waals surface area contributed by atoms with Crippen LogP contribution in [0.2, 0.25) is 0 Å². The molecular formula is C18H22N4O3S. The molecule has 2 aliphatic heterocycles. The third-order valence-corrected chi connectivity index (χ3v) is 6.82. The van der Waals surface area contributed by atoms with Crippen LogP contribution in [-0.4, -0.2) is 67.1 Å². The molecule has 2 atom stereocenters. The van der Waals surface area contributed by atoms with E-state index in [9.17, 15) is 8.42 Å². The van der Waals surface area contributed by atoms with Crippen molar-refractivity contribution >= 4 is 15.8 Å². The minimum absolute atomic E-state index is 0.0521. The molecule has 0 saturated carbocycles. The second kappa shape index (κ2) is 6.85. The lowest BCUT2D eigenvalue weighted by molar-refractivity contribution is 0.159. The summed E-state index contributed by atoms with van der Waals surface area (Å²) >= 11 is 0. The molecule has 0 N–H and O–H groups in total. The summed E-state index contributed by atoms with van der Waals surface area (Å²) in [5, 5.41) is 0. The number of fused-ring (bicyclic) bond motifs is 1. The third kappa shape index (κ3) is 3.39. The Morgan fingerprint density at radius 1 is 1.12 bits per heavy atom. The van der Waals surface area contributed by atoms with Gasteiger partial charge >= 0.3 is 0 Å². The summed E-state index contributed by atoms with van der Waals surface area (Å²) in [5.74, 6) is 1.77. The molecule has 4 rings (SSSR count). The van der Waals surface area contributed by atoms with Crippen LogP contribution in [0.5, 0.6) is 5.75 Å². The Morgan fingerprint density at radius 2 is 1.88 bits per heavy atom. The van der Waals surface area contributed by atoms with Crippen molar-refractivity contribution in [2.24, 2.45) is 0 Å². The highest BCUT2D eigenvalue weighted by molar-refractivity contribution is 7.91. The molecule has 7 nitrogen and oxygen atoms in total. The normalized spacial score (nSPS) is 25.0.